The van der Waals surface area contributed by atoms with Crippen LogP contribution in [0.2, 0.25) is 0 Å². The van der Waals surface area contributed by atoms with Crippen LogP contribution >= 0.6 is 0 Å². The average Bonchev–Trinajstić information content (AvgIpc) is 2.17. The number of hydrogen-bond acceptors (Lipinski definition) is 1. The zero-order valence-corrected chi connectivity index (χ0v) is 9.06. The van der Waals surface area contributed by atoms with Crippen molar-refractivity contribution in [1.29, 1.82) is 0 Å². The van der Waals surface area contributed by atoms with Crippen LogP contribution in [0.3, 0.4) is 0 Å². The van der Waals surface area contributed by atoms with Crippen LogP contribution in [0.15, 0.2) is 36.4 Å². The molecule has 0 saturated heterocycles. The predicted octanol–water partition coefficient (Wildman–Crippen LogP) is 3.02. The van der Waals surface area contributed by atoms with Crippen LogP contribution in [0.25, 0.3) is 0 Å². The molecule has 0 aliphatic carbocycles. The summed E-state index contributed by atoms with van der Waals surface area (Å²) in [4.78, 5) is 0. The molecule has 4 heteroatoms. The molecule has 0 unspecified atom stereocenters. The molecule has 1 aromatic rings. The van der Waals surface area contributed by atoms with Gasteiger partial charge in [-0.3, -0.25) is 0 Å². The lowest BCUT2D eigenvalue weighted by molar-refractivity contribution is -0.138. The van der Waals surface area contributed by atoms with Crippen LogP contribution in [-0.4, -0.2) is 13.6 Å². The summed E-state index contributed by atoms with van der Waals surface area (Å²) in [6.45, 7) is 4.25. The van der Waals surface area contributed by atoms with Crippen molar-refractivity contribution in [3.8, 4) is 0 Å². The topological polar surface area (TPSA) is 12.0 Å². The summed E-state index contributed by atoms with van der Waals surface area (Å²) < 4.78 is 37.9. The van der Waals surface area contributed by atoms with Gasteiger partial charge in [-0.2, -0.15) is 13.2 Å². The lowest BCUT2D eigenvalue weighted by atomic mass is 10.0. The molecule has 0 aliphatic heterocycles. The Morgan fingerprint density at radius 3 is 2.50 bits per heavy atom. The molecule has 0 heterocycles. The smallest absolute Gasteiger partial charge is 0.316 e. The third-order valence-electron chi connectivity index (χ3n) is 2.19. The molecule has 0 aliphatic rings. The van der Waals surface area contributed by atoms with Crippen molar-refractivity contribution in [3.05, 3.63) is 47.5 Å². The first-order chi connectivity index (χ1) is 7.45. The fourth-order valence-electron chi connectivity index (χ4n) is 1.53. The number of likely N-dealkylation sites (N-methyl/N-ethyl adjacent to an activating group) is 1. The third-order valence-corrected chi connectivity index (χ3v) is 2.19. The highest BCUT2D eigenvalue weighted by atomic mass is 19.4. The van der Waals surface area contributed by atoms with Gasteiger partial charge in [0.2, 0.25) is 0 Å². The van der Waals surface area contributed by atoms with Crippen molar-refractivity contribution >= 4 is 0 Å². The normalized spacial score (nSPS) is 11.5. The van der Waals surface area contributed by atoms with Crippen molar-refractivity contribution in [1.82, 2.24) is 5.32 Å². The van der Waals surface area contributed by atoms with Gasteiger partial charge < -0.3 is 5.32 Å². The van der Waals surface area contributed by atoms with Gasteiger partial charge in [0, 0.05) is 6.54 Å². The minimum absolute atomic E-state index is 0.247. The first kappa shape index (κ1) is 12.8. The summed E-state index contributed by atoms with van der Waals surface area (Å²) in [6.07, 6.45) is -4.05. The van der Waals surface area contributed by atoms with Gasteiger partial charge in [0.1, 0.15) is 0 Å². The van der Waals surface area contributed by atoms with E-state index in [9.17, 15) is 13.2 Å². The Balaban J connectivity index is 2.92. The van der Waals surface area contributed by atoms with Crippen LogP contribution in [0.1, 0.15) is 11.1 Å². The summed E-state index contributed by atoms with van der Waals surface area (Å²) in [5, 5.41) is 2.87. The summed E-state index contributed by atoms with van der Waals surface area (Å²) in [5.74, 6) is 0. The Hall–Kier alpha value is -1.29. The minimum Gasteiger partial charge on any atom is -0.316 e. The van der Waals surface area contributed by atoms with Crippen molar-refractivity contribution < 1.29 is 13.2 Å². The van der Waals surface area contributed by atoms with E-state index in [1.165, 1.54) is 12.1 Å². The third kappa shape index (κ3) is 3.38. The molecule has 88 valence electrons. The molecule has 0 amide bonds. The highest BCUT2D eigenvalue weighted by Crippen LogP contribution is 2.32. The Bertz CT molecular complexity index is 369. The van der Waals surface area contributed by atoms with E-state index >= 15 is 0 Å². The van der Waals surface area contributed by atoms with Gasteiger partial charge in [0.15, 0.2) is 0 Å². The van der Waals surface area contributed by atoms with E-state index in [0.29, 0.717) is 6.54 Å². The molecule has 0 atom stereocenters. The van der Waals surface area contributed by atoms with E-state index < -0.39 is 11.7 Å². The quantitative estimate of drug-likeness (QED) is 0.782. The SMILES string of the molecule is C=C(CNC)Cc1ccccc1C(F)(F)F. The van der Waals surface area contributed by atoms with Gasteiger partial charge in [0.25, 0.3) is 0 Å². The number of rotatable bonds is 4. The second kappa shape index (κ2) is 5.16. The Morgan fingerprint density at radius 2 is 1.94 bits per heavy atom. The molecule has 1 nitrogen and oxygen atoms in total. The number of halogens is 3. The molecule has 0 radical (unpaired) electrons. The number of nitrogens with one attached hydrogen (secondary N) is 1. The molecule has 1 N–H and O–H groups in total. The highest BCUT2D eigenvalue weighted by molar-refractivity contribution is 5.32. The van der Waals surface area contributed by atoms with Crippen molar-refractivity contribution in [2.45, 2.75) is 12.6 Å². The largest absolute Gasteiger partial charge is 0.416 e. The molecular weight excluding hydrogens is 215 g/mol. The summed E-state index contributed by atoms with van der Waals surface area (Å²) in [7, 11) is 1.74. The molecular formula is C12H14F3N. The maximum Gasteiger partial charge on any atom is 0.416 e. The van der Waals surface area contributed by atoms with Crippen LogP contribution in [0.4, 0.5) is 13.2 Å². The standard InChI is InChI=1S/C12H14F3N/c1-9(8-16-2)7-10-5-3-4-6-11(10)12(13,14)15/h3-6,16H,1,7-8H2,2H3. The highest BCUT2D eigenvalue weighted by Gasteiger charge is 2.32. The van der Waals surface area contributed by atoms with Crippen LogP contribution in [0.5, 0.6) is 0 Å². The molecule has 16 heavy (non-hydrogen) atoms. The molecule has 1 aromatic carbocycles. The maximum atomic E-state index is 12.6. The lowest BCUT2D eigenvalue weighted by Crippen LogP contribution is -2.14. The van der Waals surface area contributed by atoms with Gasteiger partial charge in [-0.1, -0.05) is 30.4 Å². The summed E-state index contributed by atoms with van der Waals surface area (Å²) >= 11 is 0. The average molecular weight is 229 g/mol. The Labute approximate surface area is 93.0 Å². The fraction of sp³-hybridized carbons (Fsp3) is 0.333. The fourth-order valence-corrected chi connectivity index (χ4v) is 1.53. The predicted molar refractivity (Wildman–Crippen MR) is 58.2 cm³/mol. The van der Waals surface area contributed by atoms with Gasteiger partial charge >= 0.3 is 6.18 Å². The van der Waals surface area contributed by atoms with Gasteiger partial charge in [0.05, 0.1) is 5.56 Å². The first-order valence-corrected chi connectivity index (χ1v) is 4.91. The molecule has 0 bridgehead atoms. The van der Waals surface area contributed by atoms with E-state index in [0.717, 1.165) is 11.6 Å². The molecule has 0 aromatic heterocycles. The van der Waals surface area contributed by atoms with E-state index in [2.05, 4.69) is 11.9 Å². The van der Waals surface area contributed by atoms with Crippen molar-refractivity contribution in [3.63, 3.8) is 0 Å². The summed E-state index contributed by atoms with van der Waals surface area (Å²) in [5.41, 5.74) is 0.432. The monoisotopic (exact) mass is 229 g/mol. The number of benzene rings is 1. The summed E-state index contributed by atoms with van der Waals surface area (Å²) in [6, 6.07) is 5.59. The number of hydrogen-bond donors (Lipinski definition) is 1. The van der Waals surface area contributed by atoms with Crippen molar-refractivity contribution in [2.24, 2.45) is 0 Å². The minimum atomic E-state index is -4.30. The van der Waals surface area contributed by atoms with Crippen LogP contribution in [0, 0.1) is 0 Å². The molecule has 1 rings (SSSR count). The lowest BCUT2D eigenvalue weighted by Gasteiger charge is -2.13. The molecule has 0 spiro atoms. The Morgan fingerprint density at radius 1 is 1.31 bits per heavy atom. The van der Waals surface area contributed by atoms with Crippen molar-refractivity contribution in [2.75, 3.05) is 13.6 Å². The second-order valence-electron chi connectivity index (χ2n) is 3.61. The van der Waals surface area contributed by atoms with Gasteiger partial charge in [-0.05, 0) is 25.1 Å². The zero-order chi connectivity index (χ0) is 12.2. The number of alkyl halides is 3. The second-order valence-corrected chi connectivity index (χ2v) is 3.61. The first-order valence-electron chi connectivity index (χ1n) is 4.91. The van der Waals surface area contributed by atoms with E-state index in [4.69, 9.17) is 0 Å². The Kier molecular flexibility index (Phi) is 4.12. The van der Waals surface area contributed by atoms with E-state index in [-0.39, 0.29) is 12.0 Å². The van der Waals surface area contributed by atoms with Gasteiger partial charge in [-0.25, -0.2) is 0 Å². The van der Waals surface area contributed by atoms with E-state index in [1.54, 1.807) is 13.1 Å². The zero-order valence-electron chi connectivity index (χ0n) is 9.06. The van der Waals surface area contributed by atoms with Gasteiger partial charge in [-0.15, -0.1) is 0 Å². The van der Waals surface area contributed by atoms with E-state index in [1.807, 2.05) is 0 Å². The molecule has 0 fully saturated rings. The van der Waals surface area contributed by atoms with Crippen LogP contribution < -0.4 is 5.32 Å². The van der Waals surface area contributed by atoms with Crippen LogP contribution in [-0.2, 0) is 12.6 Å². The maximum absolute atomic E-state index is 12.6. The molecule has 0 saturated carbocycles.